The molecule has 4 aliphatic carbocycles. The number of anilines is 1. The maximum Gasteiger partial charge on any atom is 0.266 e. The molecule has 0 saturated heterocycles. The Balaban J connectivity index is 1.42. The molecule has 8 heteroatoms. The smallest absolute Gasteiger partial charge is 0.266 e. The Labute approximate surface area is 153 Å². The van der Waals surface area contributed by atoms with E-state index in [0.29, 0.717) is 11.5 Å². The molecule has 26 heavy (non-hydrogen) atoms. The van der Waals surface area contributed by atoms with E-state index in [-0.39, 0.29) is 10.4 Å². The molecule has 7 nitrogen and oxygen atoms in total. The first kappa shape index (κ1) is 16.4. The first-order valence-corrected chi connectivity index (χ1v) is 10.9. The molecule has 0 aliphatic heterocycles. The molecule has 1 N–H and O–H groups in total. The van der Waals surface area contributed by atoms with Crippen molar-refractivity contribution in [1.82, 2.24) is 19.6 Å². The average molecular weight is 375 g/mol. The summed E-state index contributed by atoms with van der Waals surface area (Å²) in [6.07, 6.45) is 11.2. The normalized spacial score (nSPS) is 32.9. The van der Waals surface area contributed by atoms with Crippen LogP contribution in [-0.4, -0.2) is 28.0 Å². The summed E-state index contributed by atoms with van der Waals surface area (Å²) in [6, 6.07) is 1.78. The average Bonchev–Trinajstić information content (AvgIpc) is 3.12. The topological polar surface area (TPSA) is 81.8 Å². The van der Waals surface area contributed by atoms with Gasteiger partial charge in [-0.05, 0) is 63.2 Å². The van der Waals surface area contributed by atoms with E-state index in [1.54, 1.807) is 20.0 Å². The van der Waals surface area contributed by atoms with Gasteiger partial charge in [-0.3, -0.25) is 14.1 Å². The van der Waals surface area contributed by atoms with Gasteiger partial charge in [0.2, 0.25) is 0 Å². The summed E-state index contributed by atoms with van der Waals surface area (Å²) in [4.78, 5) is 0.198. The molecule has 0 radical (unpaired) electrons. The van der Waals surface area contributed by atoms with Crippen molar-refractivity contribution in [2.24, 2.45) is 24.8 Å². The Kier molecular flexibility index (Phi) is 3.36. The van der Waals surface area contributed by atoms with Crippen LogP contribution in [0, 0.1) is 24.7 Å². The number of aromatic nitrogens is 4. The number of rotatable bonds is 4. The number of hydrogen-bond donors (Lipinski definition) is 1. The molecule has 6 rings (SSSR count). The van der Waals surface area contributed by atoms with Gasteiger partial charge < -0.3 is 0 Å². The zero-order chi connectivity index (χ0) is 18.1. The lowest BCUT2D eigenvalue weighted by Gasteiger charge is -2.56. The second-order valence-corrected chi connectivity index (χ2v) is 10.3. The van der Waals surface area contributed by atoms with E-state index >= 15 is 0 Å². The van der Waals surface area contributed by atoms with Gasteiger partial charge >= 0.3 is 0 Å². The Morgan fingerprint density at radius 2 is 1.73 bits per heavy atom. The maximum atomic E-state index is 12.7. The summed E-state index contributed by atoms with van der Waals surface area (Å²) < 4.78 is 31.6. The van der Waals surface area contributed by atoms with Gasteiger partial charge in [0, 0.05) is 25.5 Å². The fourth-order valence-electron chi connectivity index (χ4n) is 6.02. The van der Waals surface area contributed by atoms with E-state index in [2.05, 4.69) is 19.6 Å². The lowest BCUT2D eigenvalue weighted by atomic mass is 9.53. The van der Waals surface area contributed by atoms with Crippen LogP contribution in [0.1, 0.15) is 44.2 Å². The van der Waals surface area contributed by atoms with E-state index in [9.17, 15) is 8.42 Å². The van der Waals surface area contributed by atoms with Crippen LogP contribution in [-0.2, 0) is 22.6 Å². The number of sulfonamides is 1. The highest BCUT2D eigenvalue weighted by Gasteiger charge is 2.52. The SMILES string of the molecule is Cc1nn(C)cc1S(=O)(=O)Nc1ccn(C23CC4CC(CC(C4)C2)C3)n1. The number of nitrogens with zero attached hydrogens (tertiary/aromatic N) is 4. The quantitative estimate of drug-likeness (QED) is 0.891. The van der Waals surface area contributed by atoms with Crippen molar-refractivity contribution in [2.45, 2.75) is 55.9 Å². The van der Waals surface area contributed by atoms with Gasteiger partial charge in [0.15, 0.2) is 5.82 Å². The van der Waals surface area contributed by atoms with Crippen LogP contribution < -0.4 is 4.72 Å². The van der Waals surface area contributed by atoms with E-state index in [1.807, 2.05) is 6.20 Å². The summed E-state index contributed by atoms with van der Waals surface area (Å²) in [5, 5.41) is 8.77. The van der Waals surface area contributed by atoms with E-state index < -0.39 is 10.0 Å². The van der Waals surface area contributed by atoms with Gasteiger partial charge in [0.25, 0.3) is 10.0 Å². The fraction of sp³-hybridized carbons (Fsp3) is 0.667. The zero-order valence-electron chi connectivity index (χ0n) is 15.2. The van der Waals surface area contributed by atoms with Crippen molar-refractivity contribution in [3.63, 3.8) is 0 Å². The lowest BCUT2D eigenvalue weighted by Crippen LogP contribution is -2.52. The number of aryl methyl sites for hydroxylation is 2. The monoisotopic (exact) mass is 375 g/mol. The van der Waals surface area contributed by atoms with Crippen LogP contribution in [0.3, 0.4) is 0 Å². The standard InChI is InChI=1S/C18H25N5O2S/c1-12-16(11-22(2)19-12)26(24,25)21-17-3-4-23(20-17)18-8-13-5-14(9-18)7-15(6-13)10-18/h3-4,11,13-15H,5-10H2,1-2H3,(H,20,21). The maximum absolute atomic E-state index is 12.7. The second kappa shape index (κ2) is 5.34. The molecule has 4 aliphatic rings. The van der Waals surface area contributed by atoms with Gasteiger partial charge in [0.1, 0.15) is 4.90 Å². The highest BCUT2D eigenvalue weighted by molar-refractivity contribution is 7.92. The first-order valence-electron chi connectivity index (χ1n) is 9.42. The van der Waals surface area contributed by atoms with Gasteiger partial charge in [-0.25, -0.2) is 8.42 Å². The summed E-state index contributed by atoms with van der Waals surface area (Å²) in [6.45, 7) is 1.70. The van der Waals surface area contributed by atoms with Crippen LogP contribution in [0.4, 0.5) is 5.82 Å². The third kappa shape index (κ3) is 2.49. The van der Waals surface area contributed by atoms with Crippen LogP contribution in [0.15, 0.2) is 23.4 Å². The van der Waals surface area contributed by atoms with Crippen molar-refractivity contribution in [3.8, 4) is 0 Å². The number of nitrogens with one attached hydrogen (secondary N) is 1. The van der Waals surface area contributed by atoms with Crippen LogP contribution in [0.25, 0.3) is 0 Å². The summed E-state index contributed by atoms with van der Waals surface area (Å²) in [7, 11) is -1.96. The predicted molar refractivity (Wildman–Crippen MR) is 97.1 cm³/mol. The van der Waals surface area contributed by atoms with Gasteiger partial charge in [0.05, 0.1) is 11.2 Å². The molecular formula is C18H25N5O2S. The highest BCUT2D eigenvalue weighted by atomic mass is 32.2. The Hall–Kier alpha value is -1.83. The van der Waals surface area contributed by atoms with Crippen LogP contribution in [0.2, 0.25) is 0 Å². The molecule has 4 fully saturated rings. The van der Waals surface area contributed by atoms with Crippen LogP contribution >= 0.6 is 0 Å². The van der Waals surface area contributed by atoms with E-state index in [0.717, 1.165) is 17.8 Å². The highest BCUT2D eigenvalue weighted by Crippen LogP contribution is 2.58. The van der Waals surface area contributed by atoms with E-state index in [4.69, 9.17) is 0 Å². The molecule has 4 bridgehead atoms. The number of hydrogen-bond acceptors (Lipinski definition) is 4. The molecule has 0 aromatic carbocycles. The van der Waals surface area contributed by atoms with Crippen molar-refractivity contribution in [3.05, 3.63) is 24.2 Å². The Morgan fingerprint density at radius 1 is 1.12 bits per heavy atom. The molecular weight excluding hydrogens is 350 g/mol. The fourth-order valence-corrected chi connectivity index (χ4v) is 7.24. The zero-order valence-corrected chi connectivity index (χ0v) is 16.0. The van der Waals surface area contributed by atoms with Crippen molar-refractivity contribution in [2.75, 3.05) is 4.72 Å². The van der Waals surface area contributed by atoms with Crippen LogP contribution in [0.5, 0.6) is 0 Å². The van der Waals surface area contributed by atoms with E-state index in [1.165, 1.54) is 49.4 Å². The summed E-state index contributed by atoms with van der Waals surface area (Å²) >= 11 is 0. The minimum absolute atomic E-state index is 0.0999. The Bertz CT molecular complexity index is 923. The molecule has 2 aromatic heterocycles. The first-order chi connectivity index (χ1) is 12.3. The molecule has 0 unspecified atom stereocenters. The lowest BCUT2D eigenvalue weighted by molar-refractivity contribution is -0.0492. The predicted octanol–water partition coefficient (Wildman–Crippen LogP) is 2.65. The molecule has 4 saturated carbocycles. The van der Waals surface area contributed by atoms with Gasteiger partial charge in [-0.15, -0.1) is 0 Å². The van der Waals surface area contributed by atoms with Gasteiger partial charge in [-0.2, -0.15) is 10.2 Å². The summed E-state index contributed by atoms with van der Waals surface area (Å²) in [5.74, 6) is 2.86. The van der Waals surface area contributed by atoms with Gasteiger partial charge in [-0.1, -0.05) is 0 Å². The second-order valence-electron chi connectivity index (χ2n) is 8.65. The summed E-state index contributed by atoms with van der Waals surface area (Å²) in [5.41, 5.74) is 0.586. The molecule has 140 valence electrons. The molecule has 2 heterocycles. The Morgan fingerprint density at radius 3 is 2.27 bits per heavy atom. The largest absolute Gasteiger partial charge is 0.274 e. The van der Waals surface area contributed by atoms with Crippen molar-refractivity contribution >= 4 is 15.8 Å². The van der Waals surface area contributed by atoms with Crippen molar-refractivity contribution in [1.29, 1.82) is 0 Å². The molecule has 0 spiro atoms. The minimum atomic E-state index is -3.68. The molecule has 0 atom stereocenters. The molecule has 2 aromatic rings. The minimum Gasteiger partial charge on any atom is -0.274 e. The third-order valence-corrected chi connectivity index (χ3v) is 8.04. The molecule has 0 amide bonds. The third-order valence-electron chi connectivity index (χ3n) is 6.58. The van der Waals surface area contributed by atoms with Crippen molar-refractivity contribution < 1.29 is 8.42 Å².